The predicted molar refractivity (Wildman–Crippen MR) is 81.7 cm³/mol. The molecule has 0 radical (unpaired) electrons. The minimum Gasteiger partial charge on any atom is -0.379 e. The Balaban J connectivity index is 2.20. The Hall–Kier alpha value is -0.870. The van der Waals surface area contributed by atoms with Crippen LogP contribution < -0.4 is 5.32 Å². The zero-order chi connectivity index (χ0) is 14.4. The number of aromatic nitrogens is 2. The van der Waals surface area contributed by atoms with Gasteiger partial charge in [-0.2, -0.15) is 0 Å². The van der Waals surface area contributed by atoms with Crippen LogP contribution >= 0.6 is 0 Å². The highest BCUT2D eigenvalue weighted by Gasteiger charge is 2.33. The highest BCUT2D eigenvalue weighted by Crippen LogP contribution is 2.33. The van der Waals surface area contributed by atoms with Crippen LogP contribution in [-0.2, 0) is 11.3 Å². The fraction of sp³-hybridized carbons (Fsp3) is 0.812. The van der Waals surface area contributed by atoms with Crippen LogP contribution in [-0.4, -0.2) is 29.3 Å². The Morgan fingerprint density at radius 1 is 1.35 bits per heavy atom. The van der Waals surface area contributed by atoms with Gasteiger partial charge < -0.3 is 14.6 Å². The molecule has 114 valence electrons. The van der Waals surface area contributed by atoms with Crippen molar-refractivity contribution in [3.63, 3.8) is 0 Å². The number of imidazole rings is 1. The lowest BCUT2D eigenvalue weighted by molar-refractivity contribution is 0.00494. The Bertz CT molecular complexity index is 385. The zero-order valence-corrected chi connectivity index (χ0v) is 13.1. The summed E-state index contributed by atoms with van der Waals surface area (Å²) in [7, 11) is 1.85. The molecule has 0 spiro atoms. The van der Waals surface area contributed by atoms with Crippen molar-refractivity contribution in [3.05, 3.63) is 18.2 Å². The fourth-order valence-electron chi connectivity index (χ4n) is 3.50. The van der Waals surface area contributed by atoms with Crippen LogP contribution in [0.2, 0.25) is 0 Å². The van der Waals surface area contributed by atoms with Crippen LogP contribution in [0.1, 0.15) is 57.8 Å². The molecule has 2 unspecified atom stereocenters. The van der Waals surface area contributed by atoms with E-state index in [1.54, 1.807) is 0 Å². The number of likely N-dealkylation sites (N-methyl/N-ethyl adjacent to an activating group) is 1. The smallest absolute Gasteiger partial charge is 0.128 e. The molecule has 2 atom stereocenters. The third-order valence-electron chi connectivity index (χ3n) is 4.51. The fourth-order valence-corrected chi connectivity index (χ4v) is 3.50. The third-order valence-corrected chi connectivity index (χ3v) is 4.51. The Labute approximate surface area is 122 Å². The van der Waals surface area contributed by atoms with E-state index in [1.807, 2.05) is 13.3 Å². The molecule has 0 saturated heterocycles. The van der Waals surface area contributed by atoms with Crippen LogP contribution in [0.4, 0.5) is 0 Å². The van der Waals surface area contributed by atoms with Gasteiger partial charge in [-0.3, -0.25) is 0 Å². The number of nitrogens with one attached hydrogen (secondary N) is 1. The van der Waals surface area contributed by atoms with Gasteiger partial charge in [-0.15, -0.1) is 0 Å². The molecule has 4 nitrogen and oxygen atoms in total. The quantitative estimate of drug-likeness (QED) is 0.833. The summed E-state index contributed by atoms with van der Waals surface area (Å²) in [6.45, 7) is 6.21. The molecule has 1 aliphatic rings. The monoisotopic (exact) mass is 279 g/mol. The molecule has 1 aromatic rings. The van der Waals surface area contributed by atoms with E-state index in [-0.39, 0.29) is 12.1 Å². The second kappa shape index (κ2) is 7.79. The number of ether oxygens (including phenoxy) is 1. The number of hydrogen-bond acceptors (Lipinski definition) is 3. The van der Waals surface area contributed by atoms with Crippen LogP contribution in [0, 0.1) is 5.92 Å². The van der Waals surface area contributed by atoms with E-state index in [4.69, 9.17) is 4.74 Å². The Morgan fingerprint density at radius 3 is 2.70 bits per heavy atom. The second-order valence-electron chi connectivity index (χ2n) is 5.71. The van der Waals surface area contributed by atoms with Gasteiger partial charge >= 0.3 is 0 Å². The van der Waals surface area contributed by atoms with Gasteiger partial charge in [-0.1, -0.05) is 26.2 Å². The van der Waals surface area contributed by atoms with Gasteiger partial charge in [0, 0.05) is 26.0 Å². The summed E-state index contributed by atoms with van der Waals surface area (Å²) < 4.78 is 8.14. The van der Waals surface area contributed by atoms with Gasteiger partial charge in [0.25, 0.3) is 0 Å². The van der Waals surface area contributed by atoms with Gasteiger partial charge in [0.2, 0.25) is 0 Å². The maximum atomic E-state index is 5.91. The highest BCUT2D eigenvalue weighted by molar-refractivity contribution is 5.04. The maximum Gasteiger partial charge on any atom is 0.128 e. The third kappa shape index (κ3) is 3.41. The first-order valence-electron chi connectivity index (χ1n) is 8.09. The van der Waals surface area contributed by atoms with Gasteiger partial charge in [-0.25, -0.2) is 4.98 Å². The summed E-state index contributed by atoms with van der Waals surface area (Å²) in [4.78, 5) is 4.59. The molecular formula is C16H29N3O. The highest BCUT2D eigenvalue weighted by atomic mass is 16.5. The molecule has 1 N–H and O–H groups in total. The first-order chi connectivity index (χ1) is 9.81. The van der Waals surface area contributed by atoms with E-state index in [0.29, 0.717) is 5.92 Å². The van der Waals surface area contributed by atoms with E-state index in [1.165, 1.54) is 32.1 Å². The molecule has 0 aromatic carbocycles. The molecule has 0 aliphatic heterocycles. The molecule has 4 heteroatoms. The van der Waals surface area contributed by atoms with Crippen LogP contribution in [0.5, 0.6) is 0 Å². The topological polar surface area (TPSA) is 39.1 Å². The largest absolute Gasteiger partial charge is 0.379 e. The maximum absolute atomic E-state index is 5.91. The first-order valence-corrected chi connectivity index (χ1v) is 8.09. The molecule has 1 fully saturated rings. The summed E-state index contributed by atoms with van der Waals surface area (Å²) in [5.41, 5.74) is 0. The molecular weight excluding hydrogens is 250 g/mol. The van der Waals surface area contributed by atoms with Crippen LogP contribution in [0.3, 0.4) is 0 Å². The minimum atomic E-state index is 0.197. The van der Waals surface area contributed by atoms with Gasteiger partial charge in [-0.05, 0) is 32.2 Å². The number of hydrogen-bond donors (Lipinski definition) is 1. The standard InChI is InChI=1S/C16H29N3O/c1-4-17-14(16-18-11-12-19(16)5-2)15(20-3)13-9-7-6-8-10-13/h11-15,17H,4-10H2,1-3H3. The molecule has 0 amide bonds. The molecule has 1 aromatic heterocycles. The lowest BCUT2D eigenvalue weighted by Crippen LogP contribution is -2.40. The summed E-state index contributed by atoms with van der Waals surface area (Å²) in [5, 5.41) is 3.60. The van der Waals surface area contributed by atoms with Crippen molar-refractivity contribution in [2.45, 2.75) is 64.6 Å². The van der Waals surface area contributed by atoms with Crippen molar-refractivity contribution >= 4 is 0 Å². The van der Waals surface area contributed by atoms with Crippen molar-refractivity contribution in [2.24, 2.45) is 5.92 Å². The lowest BCUT2D eigenvalue weighted by atomic mass is 9.82. The average molecular weight is 279 g/mol. The van der Waals surface area contributed by atoms with Crippen molar-refractivity contribution in [2.75, 3.05) is 13.7 Å². The van der Waals surface area contributed by atoms with Crippen LogP contribution in [0.25, 0.3) is 0 Å². The number of nitrogens with zero attached hydrogens (tertiary/aromatic N) is 2. The van der Waals surface area contributed by atoms with E-state index in [2.05, 4.69) is 34.9 Å². The zero-order valence-electron chi connectivity index (χ0n) is 13.1. The minimum absolute atomic E-state index is 0.197. The van der Waals surface area contributed by atoms with Crippen molar-refractivity contribution in [1.82, 2.24) is 14.9 Å². The van der Waals surface area contributed by atoms with E-state index in [0.717, 1.165) is 18.9 Å². The molecule has 1 heterocycles. The molecule has 2 rings (SSSR count). The second-order valence-corrected chi connectivity index (χ2v) is 5.71. The molecule has 1 saturated carbocycles. The van der Waals surface area contributed by atoms with E-state index >= 15 is 0 Å². The van der Waals surface area contributed by atoms with E-state index in [9.17, 15) is 0 Å². The number of rotatable bonds is 7. The number of aryl methyl sites for hydroxylation is 1. The summed E-state index contributed by atoms with van der Waals surface area (Å²) in [5.74, 6) is 1.77. The Morgan fingerprint density at radius 2 is 2.10 bits per heavy atom. The number of methoxy groups -OCH3 is 1. The van der Waals surface area contributed by atoms with Gasteiger partial charge in [0.15, 0.2) is 0 Å². The summed E-state index contributed by atoms with van der Waals surface area (Å²) >= 11 is 0. The van der Waals surface area contributed by atoms with Gasteiger partial charge in [0.1, 0.15) is 5.82 Å². The molecule has 20 heavy (non-hydrogen) atoms. The molecule has 0 bridgehead atoms. The van der Waals surface area contributed by atoms with Crippen molar-refractivity contribution < 1.29 is 4.74 Å². The SMILES string of the molecule is CCNC(c1nccn1CC)C(OC)C1CCCCC1. The lowest BCUT2D eigenvalue weighted by Gasteiger charge is -2.35. The summed E-state index contributed by atoms with van der Waals surface area (Å²) in [6.07, 6.45) is 10.8. The van der Waals surface area contributed by atoms with Crippen molar-refractivity contribution in [1.29, 1.82) is 0 Å². The predicted octanol–water partition coefficient (Wildman–Crippen LogP) is 3.15. The van der Waals surface area contributed by atoms with E-state index < -0.39 is 0 Å². The van der Waals surface area contributed by atoms with Crippen LogP contribution in [0.15, 0.2) is 12.4 Å². The Kier molecular flexibility index (Phi) is 6.05. The normalized spacial score (nSPS) is 19.9. The van der Waals surface area contributed by atoms with Crippen molar-refractivity contribution in [3.8, 4) is 0 Å². The van der Waals surface area contributed by atoms with Gasteiger partial charge in [0.05, 0.1) is 12.1 Å². The summed E-state index contributed by atoms with van der Waals surface area (Å²) in [6, 6.07) is 0.197. The first kappa shape index (κ1) is 15.5. The average Bonchev–Trinajstić information content (AvgIpc) is 2.96. The molecule has 1 aliphatic carbocycles.